The zero-order chi connectivity index (χ0) is 14.3. The monoisotopic (exact) mass is 386 g/mol. The van der Waals surface area contributed by atoms with Gasteiger partial charge in [0.2, 0.25) is 0 Å². The number of aliphatic hydroxyl groups is 3. The van der Waals surface area contributed by atoms with Crippen molar-refractivity contribution in [1.82, 2.24) is 0 Å². The van der Waals surface area contributed by atoms with Crippen molar-refractivity contribution in [2.75, 3.05) is 11.0 Å². The summed E-state index contributed by atoms with van der Waals surface area (Å²) < 4.78 is 1.23. The Labute approximate surface area is 131 Å². The first-order chi connectivity index (χ1) is 9.22. The fourth-order valence-electron chi connectivity index (χ4n) is 2.18. The Kier molecular flexibility index (Phi) is 15.5. The third-order valence-corrected chi connectivity index (χ3v) is 4.25. The number of rotatable bonds is 14. The average molecular weight is 386 g/mol. The molecule has 0 aliphatic carbocycles. The van der Waals surface area contributed by atoms with Crippen LogP contribution in [0.1, 0.15) is 70.6 Å². The van der Waals surface area contributed by atoms with E-state index in [-0.39, 0.29) is 6.61 Å². The van der Waals surface area contributed by atoms with Crippen LogP contribution in [-0.2, 0) is 0 Å². The second-order valence-corrected chi connectivity index (χ2v) is 6.39. The molecule has 3 nitrogen and oxygen atoms in total. The summed E-state index contributed by atoms with van der Waals surface area (Å²) in [5.41, 5.74) is 0. The minimum atomic E-state index is -0.566. The summed E-state index contributed by atoms with van der Waals surface area (Å²) in [5, 5.41) is 28.3. The molecule has 19 heavy (non-hydrogen) atoms. The third-order valence-electron chi connectivity index (χ3n) is 3.49. The zero-order valence-electron chi connectivity index (χ0n) is 12.1. The normalized spacial score (nSPS) is 14.5. The summed E-state index contributed by atoms with van der Waals surface area (Å²) in [6.45, 7) is 0.253. The molecule has 0 saturated carbocycles. The molecule has 0 rings (SSSR count). The molecule has 0 bridgehead atoms. The van der Waals surface area contributed by atoms with Crippen LogP contribution in [0.3, 0.4) is 0 Å². The highest BCUT2D eigenvalue weighted by molar-refractivity contribution is 14.1. The lowest BCUT2D eigenvalue weighted by Gasteiger charge is -2.17. The molecule has 0 spiro atoms. The van der Waals surface area contributed by atoms with E-state index < -0.39 is 12.2 Å². The van der Waals surface area contributed by atoms with Crippen molar-refractivity contribution in [3.8, 4) is 0 Å². The van der Waals surface area contributed by atoms with Gasteiger partial charge in [-0.05, 0) is 30.1 Å². The first kappa shape index (κ1) is 19.6. The number of hydrogen-bond acceptors (Lipinski definition) is 3. The van der Waals surface area contributed by atoms with Gasteiger partial charge in [-0.1, -0.05) is 67.5 Å². The predicted octanol–water partition coefficient (Wildman–Crippen LogP) is 3.43. The van der Waals surface area contributed by atoms with Crippen LogP contribution in [-0.4, -0.2) is 38.6 Å². The lowest BCUT2D eigenvalue weighted by molar-refractivity contribution is 0.00709. The Morgan fingerprint density at radius 2 is 1.05 bits per heavy atom. The first-order valence-electron chi connectivity index (χ1n) is 7.75. The van der Waals surface area contributed by atoms with E-state index in [1.54, 1.807) is 0 Å². The molecule has 2 atom stereocenters. The molecule has 0 unspecified atom stereocenters. The van der Waals surface area contributed by atoms with Crippen LogP contribution in [0.4, 0.5) is 0 Å². The quantitative estimate of drug-likeness (QED) is 0.244. The van der Waals surface area contributed by atoms with E-state index in [0.29, 0.717) is 6.42 Å². The summed E-state index contributed by atoms with van der Waals surface area (Å²) >= 11 is 2.40. The van der Waals surface area contributed by atoms with Gasteiger partial charge in [0.25, 0.3) is 0 Å². The highest BCUT2D eigenvalue weighted by atomic mass is 127. The maximum atomic E-state index is 9.83. The molecule has 0 heterocycles. The Bertz CT molecular complexity index is 179. The van der Waals surface area contributed by atoms with E-state index >= 15 is 0 Å². The summed E-state index contributed by atoms with van der Waals surface area (Å²) in [4.78, 5) is 0. The molecule has 0 amide bonds. The van der Waals surface area contributed by atoms with Gasteiger partial charge >= 0.3 is 0 Å². The Hall–Kier alpha value is 0.610. The van der Waals surface area contributed by atoms with Crippen molar-refractivity contribution < 1.29 is 15.3 Å². The van der Waals surface area contributed by atoms with Gasteiger partial charge in [0.05, 0.1) is 12.2 Å². The molecule has 0 radical (unpaired) electrons. The fraction of sp³-hybridized carbons (Fsp3) is 1.00. The maximum Gasteiger partial charge on any atom is 0.0799 e. The predicted molar refractivity (Wildman–Crippen MR) is 88.8 cm³/mol. The van der Waals surface area contributed by atoms with E-state index in [9.17, 15) is 10.2 Å². The summed E-state index contributed by atoms with van der Waals surface area (Å²) in [5.74, 6) is 0. The number of aliphatic hydroxyl groups excluding tert-OH is 3. The largest absolute Gasteiger partial charge is 0.396 e. The smallest absolute Gasteiger partial charge is 0.0799 e. The van der Waals surface area contributed by atoms with Crippen LogP contribution in [0.15, 0.2) is 0 Å². The van der Waals surface area contributed by atoms with Gasteiger partial charge in [0, 0.05) is 6.61 Å². The molecule has 0 aliphatic heterocycles. The maximum absolute atomic E-state index is 9.83. The van der Waals surface area contributed by atoms with Gasteiger partial charge in [0.15, 0.2) is 0 Å². The minimum absolute atomic E-state index is 0.253. The second-order valence-electron chi connectivity index (χ2n) is 5.31. The molecule has 0 fully saturated rings. The minimum Gasteiger partial charge on any atom is -0.396 e. The highest BCUT2D eigenvalue weighted by Gasteiger charge is 2.14. The second kappa shape index (κ2) is 15.0. The van der Waals surface area contributed by atoms with Gasteiger partial charge in [-0.15, -0.1) is 0 Å². The van der Waals surface area contributed by atoms with E-state index in [4.69, 9.17) is 5.11 Å². The van der Waals surface area contributed by atoms with Crippen molar-refractivity contribution in [2.24, 2.45) is 0 Å². The molecule has 3 N–H and O–H groups in total. The molecule has 116 valence electrons. The van der Waals surface area contributed by atoms with Crippen molar-refractivity contribution in [2.45, 2.75) is 82.8 Å². The number of halogens is 1. The van der Waals surface area contributed by atoms with Gasteiger partial charge in [0.1, 0.15) is 0 Å². The molecule has 0 aromatic carbocycles. The van der Waals surface area contributed by atoms with Gasteiger partial charge in [-0.2, -0.15) is 0 Å². The molecule has 0 aliphatic rings. The molecular weight excluding hydrogens is 355 g/mol. The lowest BCUT2D eigenvalue weighted by Crippen LogP contribution is -2.25. The highest BCUT2D eigenvalue weighted by Crippen LogP contribution is 2.14. The Morgan fingerprint density at radius 1 is 0.632 bits per heavy atom. The molecule has 4 heteroatoms. The Morgan fingerprint density at radius 3 is 1.53 bits per heavy atom. The summed E-state index contributed by atoms with van der Waals surface area (Å²) in [7, 11) is 0. The van der Waals surface area contributed by atoms with Crippen molar-refractivity contribution in [3.05, 3.63) is 0 Å². The van der Waals surface area contributed by atoms with Crippen LogP contribution in [0.2, 0.25) is 0 Å². The molecule has 0 aromatic rings. The van der Waals surface area contributed by atoms with E-state index in [1.807, 2.05) is 0 Å². The Balaban J connectivity index is 3.35. The van der Waals surface area contributed by atoms with E-state index in [1.165, 1.54) is 23.7 Å². The van der Waals surface area contributed by atoms with Crippen molar-refractivity contribution in [1.29, 1.82) is 0 Å². The first-order valence-corrected chi connectivity index (χ1v) is 9.28. The van der Waals surface area contributed by atoms with Gasteiger partial charge < -0.3 is 15.3 Å². The average Bonchev–Trinajstić information content (AvgIpc) is 2.42. The summed E-state index contributed by atoms with van der Waals surface area (Å²) in [6, 6.07) is 0. The molecule has 0 saturated heterocycles. The molecular formula is C15H31IO3. The molecule has 0 aromatic heterocycles. The van der Waals surface area contributed by atoms with Gasteiger partial charge in [-0.25, -0.2) is 0 Å². The number of unbranched alkanes of at least 4 members (excludes halogenated alkanes) is 7. The number of hydrogen-bond donors (Lipinski definition) is 3. The number of alkyl halides is 1. The van der Waals surface area contributed by atoms with Crippen LogP contribution in [0.5, 0.6) is 0 Å². The van der Waals surface area contributed by atoms with E-state index in [2.05, 4.69) is 22.6 Å². The fourth-order valence-corrected chi connectivity index (χ4v) is 2.72. The standard InChI is InChI=1S/C15H31IO3/c16-12-8-4-1-2-6-10-14(18)15(19)11-7-3-5-9-13-17/h14-15,17-19H,1-13H2/t14-,15-/m0/s1. The SMILES string of the molecule is OCCCCCC[C@H](O)[C@@H](O)CCCCCCCI. The zero-order valence-corrected chi connectivity index (χ0v) is 14.2. The van der Waals surface area contributed by atoms with Crippen LogP contribution < -0.4 is 0 Å². The van der Waals surface area contributed by atoms with Crippen LogP contribution >= 0.6 is 22.6 Å². The third kappa shape index (κ3) is 13.4. The van der Waals surface area contributed by atoms with E-state index in [0.717, 1.165) is 44.9 Å². The van der Waals surface area contributed by atoms with Crippen LogP contribution in [0, 0.1) is 0 Å². The lowest BCUT2D eigenvalue weighted by atomic mass is 10.0. The topological polar surface area (TPSA) is 60.7 Å². The van der Waals surface area contributed by atoms with Gasteiger partial charge in [-0.3, -0.25) is 0 Å². The summed E-state index contributed by atoms with van der Waals surface area (Å²) in [6.07, 6.45) is 10.1. The van der Waals surface area contributed by atoms with Crippen molar-refractivity contribution in [3.63, 3.8) is 0 Å². The van der Waals surface area contributed by atoms with Crippen molar-refractivity contribution >= 4 is 22.6 Å². The van der Waals surface area contributed by atoms with Crippen LogP contribution in [0.25, 0.3) is 0 Å².